The van der Waals surface area contributed by atoms with Gasteiger partial charge in [0.25, 0.3) is 0 Å². The van der Waals surface area contributed by atoms with Crippen molar-refractivity contribution >= 4 is 11.3 Å². The second kappa shape index (κ2) is 4.66. The fraction of sp³-hybridized carbons (Fsp3) is 0.308. The molecule has 1 heterocycles. The van der Waals surface area contributed by atoms with Crippen molar-refractivity contribution in [2.24, 2.45) is 0 Å². The second-order valence-electron chi connectivity index (χ2n) is 3.65. The number of benzene rings is 1. The number of rotatable bonds is 3. The molecule has 0 saturated carbocycles. The lowest BCUT2D eigenvalue weighted by molar-refractivity contribution is 0.423. The van der Waals surface area contributed by atoms with Crippen LogP contribution < -0.4 is 4.74 Å². The van der Waals surface area contributed by atoms with Crippen LogP contribution in [0.1, 0.15) is 18.2 Å². The smallest absolute Gasteiger partial charge is 0.197 e. The van der Waals surface area contributed by atoms with Crippen LogP contribution in [0.15, 0.2) is 24.3 Å². The molecular formula is C13H15NOS. The van der Waals surface area contributed by atoms with E-state index in [9.17, 15) is 0 Å². The van der Waals surface area contributed by atoms with E-state index < -0.39 is 0 Å². The minimum absolute atomic E-state index is 0.898. The van der Waals surface area contributed by atoms with E-state index in [2.05, 4.69) is 36.2 Å². The van der Waals surface area contributed by atoms with Crippen molar-refractivity contribution in [3.8, 4) is 15.6 Å². The molecule has 0 saturated heterocycles. The monoisotopic (exact) mass is 233 g/mol. The summed E-state index contributed by atoms with van der Waals surface area (Å²) in [5.74, 6) is 0. The molecule has 0 aliphatic heterocycles. The first-order chi connectivity index (χ1) is 7.74. The molecule has 0 amide bonds. The number of hydrogen-bond donors (Lipinski definition) is 0. The lowest BCUT2D eigenvalue weighted by atomic mass is 10.1. The van der Waals surface area contributed by atoms with Gasteiger partial charge < -0.3 is 4.74 Å². The predicted molar refractivity (Wildman–Crippen MR) is 68.2 cm³/mol. The van der Waals surface area contributed by atoms with Gasteiger partial charge in [-0.1, -0.05) is 42.5 Å². The van der Waals surface area contributed by atoms with E-state index >= 15 is 0 Å². The van der Waals surface area contributed by atoms with Crippen molar-refractivity contribution in [1.82, 2.24) is 4.98 Å². The molecule has 1 aromatic heterocycles. The summed E-state index contributed by atoms with van der Waals surface area (Å²) >= 11 is 1.59. The van der Waals surface area contributed by atoms with E-state index in [-0.39, 0.29) is 0 Å². The Hall–Kier alpha value is -1.35. The van der Waals surface area contributed by atoms with E-state index in [1.807, 2.05) is 6.92 Å². The summed E-state index contributed by atoms with van der Waals surface area (Å²) < 4.78 is 5.25. The third-order valence-electron chi connectivity index (χ3n) is 2.55. The SMILES string of the molecule is CCc1ccc(-c2nc(C)c(OC)s2)cc1. The molecule has 1 aromatic carbocycles. The van der Waals surface area contributed by atoms with Gasteiger partial charge in [0.05, 0.1) is 12.8 Å². The van der Waals surface area contributed by atoms with E-state index in [0.29, 0.717) is 0 Å². The van der Waals surface area contributed by atoms with Crippen LogP contribution in [0, 0.1) is 6.92 Å². The van der Waals surface area contributed by atoms with E-state index in [1.54, 1.807) is 18.4 Å². The van der Waals surface area contributed by atoms with E-state index in [4.69, 9.17) is 4.74 Å². The molecule has 2 nitrogen and oxygen atoms in total. The molecule has 0 fully saturated rings. The van der Waals surface area contributed by atoms with Crippen LogP contribution in [0.2, 0.25) is 0 Å². The van der Waals surface area contributed by atoms with Crippen molar-refractivity contribution in [2.75, 3.05) is 7.11 Å². The summed E-state index contributed by atoms with van der Waals surface area (Å²) in [5.41, 5.74) is 3.47. The van der Waals surface area contributed by atoms with Crippen LogP contribution in [-0.2, 0) is 6.42 Å². The molecule has 0 aliphatic rings. The fourth-order valence-corrected chi connectivity index (χ4v) is 2.47. The molecule has 16 heavy (non-hydrogen) atoms. The first kappa shape index (κ1) is 11.1. The third kappa shape index (κ3) is 2.09. The van der Waals surface area contributed by atoms with Gasteiger partial charge in [-0.15, -0.1) is 0 Å². The molecule has 2 rings (SSSR count). The minimum atomic E-state index is 0.898. The molecule has 0 atom stereocenters. The Morgan fingerprint density at radius 2 is 1.94 bits per heavy atom. The van der Waals surface area contributed by atoms with Gasteiger partial charge in [0, 0.05) is 5.56 Å². The molecule has 84 valence electrons. The highest BCUT2D eigenvalue weighted by Gasteiger charge is 2.08. The average molecular weight is 233 g/mol. The van der Waals surface area contributed by atoms with Gasteiger partial charge in [-0.3, -0.25) is 0 Å². The van der Waals surface area contributed by atoms with Crippen molar-refractivity contribution in [2.45, 2.75) is 20.3 Å². The molecule has 0 bridgehead atoms. The third-order valence-corrected chi connectivity index (χ3v) is 3.72. The summed E-state index contributed by atoms with van der Waals surface area (Å²) in [7, 11) is 1.68. The molecule has 0 N–H and O–H groups in total. The Labute approximate surface area is 99.9 Å². The number of nitrogens with zero attached hydrogens (tertiary/aromatic N) is 1. The molecule has 0 spiro atoms. The average Bonchev–Trinajstić information content (AvgIpc) is 2.71. The Morgan fingerprint density at radius 3 is 2.44 bits per heavy atom. The number of aromatic nitrogens is 1. The minimum Gasteiger partial charge on any atom is -0.486 e. The summed E-state index contributed by atoms with van der Waals surface area (Å²) in [6.07, 6.45) is 1.07. The zero-order valence-corrected chi connectivity index (χ0v) is 10.6. The number of aryl methyl sites for hydroxylation is 2. The zero-order valence-electron chi connectivity index (χ0n) is 9.78. The first-order valence-corrected chi connectivity index (χ1v) is 6.17. The summed E-state index contributed by atoms with van der Waals surface area (Å²) in [4.78, 5) is 4.50. The van der Waals surface area contributed by atoms with Gasteiger partial charge in [-0.25, -0.2) is 4.98 Å². The van der Waals surface area contributed by atoms with Crippen LogP contribution in [0.25, 0.3) is 10.6 Å². The van der Waals surface area contributed by atoms with Crippen LogP contribution in [-0.4, -0.2) is 12.1 Å². The Bertz CT molecular complexity index is 473. The largest absolute Gasteiger partial charge is 0.486 e. The van der Waals surface area contributed by atoms with Gasteiger partial charge in [0.15, 0.2) is 5.06 Å². The zero-order chi connectivity index (χ0) is 11.5. The fourth-order valence-electron chi connectivity index (χ4n) is 1.58. The van der Waals surface area contributed by atoms with Crippen LogP contribution in [0.5, 0.6) is 5.06 Å². The van der Waals surface area contributed by atoms with Crippen molar-refractivity contribution < 1.29 is 4.74 Å². The maximum Gasteiger partial charge on any atom is 0.197 e. The predicted octanol–water partition coefficient (Wildman–Crippen LogP) is 3.69. The van der Waals surface area contributed by atoms with Crippen LogP contribution in [0.4, 0.5) is 0 Å². The van der Waals surface area contributed by atoms with Gasteiger partial charge in [0.2, 0.25) is 0 Å². The lowest BCUT2D eigenvalue weighted by Gasteiger charge is -1.98. The first-order valence-electron chi connectivity index (χ1n) is 5.35. The Kier molecular flexibility index (Phi) is 3.25. The van der Waals surface area contributed by atoms with Crippen molar-refractivity contribution in [1.29, 1.82) is 0 Å². The van der Waals surface area contributed by atoms with Gasteiger partial charge in [0.1, 0.15) is 5.01 Å². The topological polar surface area (TPSA) is 22.1 Å². The number of thiazole rings is 1. The summed E-state index contributed by atoms with van der Waals surface area (Å²) in [6.45, 7) is 4.13. The standard InChI is InChI=1S/C13H15NOS/c1-4-10-5-7-11(8-6-10)12-14-9(2)13(15-3)16-12/h5-8H,4H2,1-3H3. The van der Waals surface area contributed by atoms with Gasteiger partial charge in [-0.05, 0) is 18.9 Å². The Morgan fingerprint density at radius 1 is 1.25 bits per heavy atom. The normalized spacial score (nSPS) is 10.4. The maximum atomic E-state index is 5.25. The lowest BCUT2D eigenvalue weighted by Crippen LogP contribution is -1.81. The molecular weight excluding hydrogens is 218 g/mol. The van der Waals surface area contributed by atoms with Gasteiger partial charge in [-0.2, -0.15) is 0 Å². The molecule has 3 heteroatoms. The molecule has 0 radical (unpaired) electrons. The quantitative estimate of drug-likeness (QED) is 0.806. The second-order valence-corrected chi connectivity index (χ2v) is 4.61. The summed E-state index contributed by atoms with van der Waals surface area (Å²) in [6, 6.07) is 8.55. The summed E-state index contributed by atoms with van der Waals surface area (Å²) in [5, 5.41) is 1.92. The highest BCUT2D eigenvalue weighted by atomic mass is 32.1. The molecule has 0 unspecified atom stereocenters. The highest BCUT2D eigenvalue weighted by molar-refractivity contribution is 7.17. The number of ether oxygens (including phenoxy) is 1. The van der Waals surface area contributed by atoms with E-state index in [1.165, 1.54) is 5.56 Å². The molecule has 2 aromatic rings. The van der Waals surface area contributed by atoms with Crippen LogP contribution >= 0.6 is 11.3 Å². The molecule has 0 aliphatic carbocycles. The Balaban J connectivity index is 2.34. The van der Waals surface area contributed by atoms with Gasteiger partial charge >= 0.3 is 0 Å². The van der Waals surface area contributed by atoms with Crippen LogP contribution in [0.3, 0.4) is 0 Å². The number of hydrogen-bond acceptors (Lipinski definition) is 3. The highest BCUT2D eigenvalue weighted by Crippen LogP contribution is 2.33. The maximum absolute atomic E-state index is 5.25. The number of methoxy groups -OCH3 is 1. The van der Waals surface area contributed by atoms with E-state index in [0.717, 1.165) is 27.7 Å². The van der Waals surface area contributed by atoms with Crippen molar-refractivity contribution in [3.05, 3.63) is 35.5 Å². The van der Waals surface area contributed by atoms with Crippen molar-refractivity contribution in [3.63, 3.8) is 0 Å².